The Hall–Kier alpha value is -1.84. The molecule has 0 aliphatic carbocycles. The summed E-state index contributed by atoms with van der Waals surface area (Å²) in [5.74, 6) is 0. The Kier molecular flexibility index (Phi) is 5.34. The minimum Gasteiger partial charge on any atom is -0.371 e. The quantitative estimate of drug-likeness (QED) is 0.893. The molecule has 0 amide bonds. The highest BCUT2D eigenvalue weighted by Gasteiger charge is 2.22. The second kappa shape index (κ2) is 8.03. The summed E-state index contributed by atoms with van der Waals surface area (Å²) in [6.45, 7) is 4.66. The van der Waals surface area contributed by atoms with Crippen LogP contribution >= 0.6 is 0 Å². The van der Waals surface area contributed by atoms with Gasteiger partial charge in [0.25, 0.3) is 0 Å². The van der Waals surface area contributed by atoms with E-state index in [2.05, 4.69) is 70.1 Å². The molecule has 2 aromatic carbocycles. The van der Waals surface area contributed by atoms with Gasteiger partial charge in [-0.15, -0.1) is 0 Å². The van der Waals surface area contributed by atoms with Gasteiger partial charge in [0.1, 0.15) is 0 Å². The first-order chi connectivity index (χ1) is 12.4. The average molecular weight is 335 g/mol. The minimum atomic E-state index is 0.697. The van der Waals surface area contributed by atoms with Gasteiger partial charge in [-0.3, -0.25) is 0 Å². The lowest BCUT2D eigenvalue weighted by molar-refractivity contribution is 0.316. The van der Waals surface area contributed by atoms with Gasteiger partial charge in [0, 0.05) is 30.9 Å². The van der Waals surface area contributed by atoms with Crippen LogP contribution < -0.4 is 15.5 Å². The number of hydrogen-bond acceptors (Lipinski definition) is 3. The largest absolute Gasteiger partial charge is 0.371 e. The van der Waals surface area contributed by atoms with E-state index >= 15 is 0 Å². The van der Waals surface area contributed by atoms with E-state index in [0.717, 1.165) is 19.1 Å². The summed E-state index contributed by atoms with van der Waals surface area (Å²) in [7, 11) is 0. The molecule has 2 heterocycles. The van der Waals surface area contributed by atoms with Crippen molar-refractivity contribution in [2.24, 2.45) is 0 Å². The van der Waals surface area contributed by atoms with Crippen molar-refractivity contribution in [2.75, 3.05) is 31.1 Å². The summed E-state index contributed by atoms with van der Waals surface area (Å²) in [6.07, 6.45) is 5.07. The van der Waals surface area contributed by atoms with Gasteiger partial charge in [-0.2, -0.15) is 0 Å². The first kappa shape index (κ1) is 16.6. The fourth-order valence-corrected chi connectivity index (χ4v) is 4.12. The van der Waals surface area contributed by atoms with Crippen LogP contribution in [0.5, 0.6) is 0 Å². The maximum atomic E-state index is 3.89. The molecule has 0 aromatic heterocycles. The fraction of sp³-hybridized carbons (Fsp3) is 0.455. The van der Waals surface area contributed by atoms with Gasteiger partial charge in [0.15, 0.2) is 0 Å². The zero-order chi connectivity index (χ0) is 16.9. The normalized spacial score (nSPS) is 19.9. The van der Waals surface area contributed by atoms with Crippen LogP contribution in [0.1, 0.15) is 25.7 Å². The minimum absolute atomic E-state index is 0.697. The van der Waals surface area contributed by atoms with Crippen molar-refractivity contribution in [3.8, 4) is 11.1 Å². The molecule has 0 unspecified atom stereocenters. The molecule has 2 aliphatic rings. The molecule has 2 aromatic rings. The fourth-order valence-electron chi connectivity index (χ4n) is 4.12. The third-order valence-corrected chi connectivity index (χ3v) is 5.65. The Morgan fingerprint density at radius 2 is 1.32 bits per heavy atom. The number of nitrogens with zero attached hydrogens (tertiary/aromatic N) is 1. The van der Waals surface area contributed by atoms with Gasteiger partial charge in [-0.1, -0.05) is 42.5 Å². The third-order valence-electron chi connectivity index (χ3n) is 5.65. The standard InChI is InChI=1S/C22H29N3/c1-2-4-18(5-3-1)19-6-8-22(9-7-19)25-16-12-21(13-17-25)24-20-10-14-23-15-11-20/h1-9,20-21,23-24H,10-17H2. The molecule has 2 fully saturated rings. The molecule has 3 heteroatoms. The maximum Gasteiger partial charge on any atom is 0.0366 e. The summed E-state index contributed by atoms with van der Waals surface area (Å²) < 4.78 is 0. The lowest BCUT2D eigenvalue weighted by Crippen LogP contribution is -2.49. The first-order valence-electron chi connectivity index (χ1n) is 9.76. The molecular weight excluding hydrogens is 306 g/mol. The lowest BCUT2D eigenvalue weighted by Gasteiger charge is -2.36. The summed E-state index contributed by atoms with van der Waals surface area (Å²) in [6, 6.07) is 21.1. The summed E-state index contributed by atoms with van der Waals surface area (Å²) in [4.78, 5) is 2.54. The van der Waals surface area contributed by atoms with E-state index in [1.807, 2.05) is 0 Å². The second-order valence-electron chi connectivity index (χ2n) is 7.37. The van der Waals surface area contributed by atoms with Crippen molar-refractivity contribution in [1.82, 2.24) is 10.6 Å². The second-order valence-corrected chi connectivity index (χ2v) is 7.37. The van der Waals surface area contributed by atoms with Crippen molar-refractivity contribution in [3.05, 3.63) is 54.6 Å². The zero-order valence-corrected chi connectivity index (χ0v) is 15.0. The van der Waals surface area contributed by atoms with E-state index in [1.165, 1.54) is 55.6 Å². The van der Waals surface area contributed by atoms with E-state index < -0.39 is 0 Å². The van der Waals surface area contributed by atoms with Crippen molar-refractivity contribution >= 4 is 5.69 Å². The number of rotatable bonds is 4. The van der Waals surface area contributed by atoms with Crippen LogP contribution in [0.25, 0.3) is 11.1 Å². The zero-order valence-electron chi connectivity index (χ0n) is 15.0. The summed E-state index contributed by atoms with van der Waals surface area (Å²) >= 11 is 0. The van der Waals surface area contributed by atoms with Crippen LogP contribution in [0.2, 0.25) is 0 Å². The SMILES string of the molecule is c1ccc(-c2ccc(N3CCC(NC4CCNCC4)CC3)cc2)cc1. The molecule has 4 rings (SSSR count). The molecule has 132 valence electrons. The van der Waals surface area contributed by atoms with Gasteiger partial charge in [0.2, 0.25) is 0 Å². The van der Waals surface area contributed by atoms with Gasteiger partial charge >= 0.3 is 0 Å². The Morgan fingerprint density at radius 1 is 0.720 bits per heavy atom. The maximum absolute atomic E-state index is 3.89. The number of benzene rings is 2. The third kappa shape index (κ3) is 4.23. The van der Waals surface area contributed by atoms with E-state index in [1.54, 1.807) is 0 Å². The van der Waals surface area contributed by atoms with Crippen LogP contribution in [-0.2, 0) is 0 Å². The van der Waals surface area contributed by atoms with Crippen molar-refractivity contribution in [2.45, 2.75) is 37.8 Å². The molecule has 0 bridgehead atoms. The molecule has 2 N–H and O–H groups in total. The summed E-state index contributed by atoms with van der Waals surface area (Å²) in [5.41, 5.74) is 3.95. The average Bonchev–Trinajstić information content (AvgIpc) is 2.70. The van der Waals surface area contributed by atoms with Crippen LogP contribution in [0.15, 0.2) is 54.6 Å². The van der Waals surface area contributed by atoms with Gasteiger partial charge < -0.3 is 15.5 Å². The molecule has 0 spiro atoms. The molecule has 25 heavy (non-hydrogen) atoms. The Bertz CT molecular complexity index is 639. The molecule has 0 radical (unpaired) electrons. The number of hydrogen-bond donors (Lipinski definition) is 2. The van der Waals surface area contributed by atoms with Gasteiger partial charge in [-0.25, -0.2) is 0 Å². The van der Waals surface area contributed by atoms with E-state index in [9.17, 15) is 0 Å². The summed E-state index contributed by atoms with van der Waals surface area (Å²) in [5, 5.41) is 7.34. The monoisotopic (exact) mass is 335 g/mol. The predicted octanol–water partition coefficient (Wildman–Crippen LogP) is 3.66. The highest BCUT2D eigenvalue weighted by atomic mass is 15.1. The number of piperidine rings is 2. The topological polar surface area (TPSA) is 27.3 Å². The van der Waals surface area contributed by atoms with E-state index in [-0.39, 0.29) is 0 Å². The van der Waals surface area contributed by atoms with Crippen LogP contribution in [0.3, 0.4) is 0 Å². The van der Waals surface area contributed by atoms with Crippen molar-refractivity contribution in [3.63, 3.8) is 0 Å². The highest BCUT2D eigenvalue weighted by molar-refractivity contribution is 5.66. The molecule has 2 saturated heterocycles. The van der Waals surface area contributed by atoms with Crippen molar-refractivity contribution < 1.29 is 0 Å². The smallest absolute Gasteiger partial charge is 0.0366 e. The van der Waals surface area contributed by atoms with Gasteiger partial charge in [0.05, 0.1) is 0 Å². The lowest BCUT2D eigenvalue weighted by atomic mass is 9.99. The van der Waals surface area contributed by atoms with Crippen LogP contribution in [0, 0.1) is 0 Å². The van der Waals surface area contributed by atoms with E-state index in [4.69, 9.17) is 0 Å². The Morgan fingerprint density at radius 3 is 2.00 bits per heavy atom. The predicted molar refractivity (Wildman–Crippen MR) is 106 cm³/mol. The van der Waals surface area contributed by atoms with Crippen molar-refractivity contribution in [1.29, 1.82) is 0 Å². The van der Waals surface area contributed by atoms with Gasteiger partial charge in [-0.05, 0) is 62.0 Å². The number of nitrogens with one attached hydrogen (secondary N) is 2. The Labute approximate surface area is 151 Å². The van der Waals surface area contributed by atoms with Crippen LogP contribution in [0.4, 0.5) is 5.69 Å². The molecule has 3 nitrogen and oxygen atoms in total. The highest BCUT2D eigenvalue weighted by Crippen LogP contribution is 2.25. The first-order valence-corrected chi connectivity index (χ1v) is 9.76. The molecular formula is C22H29N3. The van der Waals surface area contributed by atoms with E-state index in [0.29, 0.717) is 6.04 Å². The molecule has 2 aliphatic heterocycles. The van der Waals surface area contributed by atoms with Crippen LogP contribution in [-0.4, -0.2) is 38.3 Å². The molecule has 0 atom stereocenters. The number of anilines is 1. The molecule has 0 saturated carbocycles. The Balaban J connectivity index is 1.31.